The van der Waals surface area contributed by atoms with E-state index in [1.54, 1.807) is 47.0 Å². The van der Waals surface area contributed by atoms with Crippen molar-refractivity contribution in [3.05, 3.63) is 107 Å². The first-order chi connectivity index (χ1) is 21.1. The molecule has 0 aliphatic carbocycles. The van der Waals surface area contributed by atoms with E-state index in [2.05, 4.69) is 38.4 Å². The molecule has 2 heterocycles. The zero-order valence-electron chi connectivity index (χ0n) is 25.1. The smallest absolute Gasteiger partial charge is 0.242 e. The number of amides is 1. The van der Waals surface area contributed by atoms with Gasteiger partial charge in [-0.2, -0.15) is 0 Å². The van der Waals surface area contributed by atoms with Gasteiger partial charge in [0.15, 0.2) is 23.0 Å². The van der Waals surface area contributed by atoms with E-state index in [1.165, 1.54) is 5.56 Å². The summed E-state index contributed by atoms with van der Waals surface area (Å²) in [7, 11) is 6.57. The number of nitrogens with one attached hydrogen (secondary N) is 1. The van der Waals surface area contributed by atoms with Crippen molar-refractivity contribution in [3.8, 4) is 23.0 Å². The van der Waals surface area contributed by atoms with E-state index in [1.807, 2.05) is 42.5 Å². The minimum atomic E-state index is -0.554. The van der Waals surface area contributed by atoms with Crippen LogP contribution in [0.25, 0.3) is 0 Å². The number of carbonyl (C=O) groups is 1. The van der Waals surface area contributed by atoms with Gasteiger partial charge >= 0.3 is 0 Å². The number of benzene rings is 3. The molecule has 43 heavy (non-hydrogen) atoms. The summed E-state index contributed by atoms with van der Waals surface area (Å²) in [6.07, 6.45) is 7.25. The lowest BCUT2D eigenvalue weighted by Crippen LogP contribution is -2.43. The number of methoxy groups -OCH3 is 4. The van der Waals surface area contributed by atoms with Crippen molar-refractivity contribution >= 4 is 5.91 Å². The lowest BCUT2D eigenvalue weighted by Gasteiger charge is -2.37. The van der Waals surface area contributed by atoms with Gasteiger partial charge < -0.3 is 24.3 Å². The van der Waals surface area contributed by atoms with Crippen molar-refractivity contribution in [2.75, 3.05) is 35.0 Å². The molecule has 1 aliphatic heterocycles. The first-order valence-corrected chi connectivity index (χ1v) is 14.3. The molecule has 0 saturated heterocycles. The van der Waals surface area contributed by atoms with Crippen LogP contribution in [0.4, 0.5) is 0 Å². The van der Waals surface area contributed by atoms with Crippen LogP contribution >= 0.6 is 0 Å². The van der Waals surface area contributed by atoms with Gasteiger partial charge in [-0.3, -0.25) is 19.7 Å². The molecule has 5 rings (SSSR count). The standard InChI is InChI=1S/C34H38N4O5/c1-40-29-13-12-23(18-30(29)41-2)17-28-27-20-32(43-4)31(42-3)19-25(27)11-8-16-38(28)33(24-9-6-5-7-10-24)34(39)37-22-26-21-35-14-15-36-26/h5-7,9-10,12-15,18-21,28,33H,8,11,16-17,22H2,1-4H3,(H,37,39). The van der Waals surface area contributed by atoms with Gasteiger partial charge in [-0.1, -0.05) is 36.4 Å². The minimum absolute atomic E-state index is 0.0990. The fraction of sp³-hybridized carbons (Fsp3) is 0.324. The molecule has 0 radical (unpaired) electrons. The molecule has 0 fully saturated rings. The second-order valence-electron chi connectivity index (χ2n) is 10.4. The SMILES string of the molecule is COc1ccc(CC2c3cc(OC)c(OC)cc3CCCN2C(C(=O)NCc2cnccn2)c2ccccc2)cc1OC. The molecule has 0 spiro atoms. The Bertz CT molecular complexity index is 1520. The van der Waals surface area contributed by atoms with Crippen molar-refractivity contribution in [3.63, 3.8) is 0 Å². The maximum Gasteiger partial charge on any atom is 0.242 e. The maximum absolute atomic E-state index is 14.2. The Morgan fingerprint density at radius 1 is 0.907 bits per heavy atom. The van der Waals surface area contributed by atoms with Crippen LogP contribution in [0, 0.1) is 0 Å². The highest BCUT2D eigenvalue weighted by molar-refractivity contribution is 5.83. The van der Waals surface area contributed by atoms with E-state index in [0.717, 1.165) is 29.5 Å². The average Bonchev–Trinajstić information content (AvgIpc) is 3.22. The second-order valence-corrected chi connectivity index (χ2v) is 10.4. The fourth-order valence-corrected chi connectivity index (χ4v) is 5.84. The van der Waals surface area contributed by atoms with Crippen LogP contribution in [-0.4, -0.2) is 55.8 Å². The summed E-state index contributed by atoms with van der Waals surface area (Å²) in [5, 5.41) is 3.13. The molecule has 0 bridgehead atoms. The average molecular weight is 583 g/mol. The second kappa shape index (κ2) is 14.0. The van der Waals surface area contributed by atoms with Crippen LogP contribution in [0.1, 0.15) is 46.5 Å². The molecule has 2 atom stereocenters. The third-order valence-corrected chi connectivity index (χ3v) is 7.90. The van der Waals surface area contributed by atoms with Gasteiger partial charge in [-0.05, 0) is 65.8 Å². The molecule has 3 aromatic carbocycles. The van der Waals surface area contributed by atoms with Crippen LogP contribution in [0.3, 0.4) is 0 Å². The van der Waals surface area contributed by atoms with Crippen LogP contribution < -0.4 is 24.3 Å². The summed E-state index contributed by atoms with van der Waals surface area (Å²) in [6.45, 7) is 0.987. The number of hydrogen-bond donors (Lipinski definition) is 1. The van der Waals surface area contributed by atoms with Crippen molar-refractivity contribution in [2.45, 2.75) is 37.9 Å². The maximum atomic E-state index is 14.2. The van der Waals surface area contributed by atoms with Gasteiger partial charge in [0.1, 0.15) is 6.04 Å². The Kier molecular flexibility index (Phi) is 9.73. The van der Waals surface area contributed by atoms with Gasteiger partial charge in [0, 0.05) is 25.0 Å². The first kappa shape index (κ1) is 29.8. The normalized spacial score (nSPS) is 15.5. The topological polar surface area (TPSA) is 95.0 Å². The number of ether oxygens (including phenoxy) is 4. The lowest BCUT2D eigenvalue weighted by molar-refractivity contribution is -0.128. The molecular weight excluding hydrogens is 544 g/mol. The van der Waals surface area contributed by atoms with E-state index in [9.17, 15) is 4.79 Å². The number of nitrogens with zero attached hydrogens (tertiary/aromatic N) is 3. The molecule has 1 amide bonds. The monoisotopic (exact) mass is 582 g/mol. The summed E-state index contributed by atoms with van der Waals surface area (Å²) in [4.78, 5) is 25.0. The van der Waals surface area contributed by atoms with Crippen LogP contribution in [-0.2, 0) is 24.2 Å². The summed E-state index contributed by atoms with van der Waals surface area (Å²) in [6, 6.07) is 19.3. The molecule has 1 aliphatic rings. The van der Waals surface area contributed by atoms with Crippen LogP contribution in [0.15, 0.2) is 79.3 Å². The Hall–Kier alpha value is -4.63. The van der Waals surface area contributed by atoms with E-state index >= 15 is 0 Å². The number of aromatic nitrogens is 2. The van der Waals surface area contributed by atoms with Crippen molar-refractivity contribution in [1.82, 2.24) is 20.2 Å². The Labute approximate surface area is 252 Å². The molecule has 0 saturated carbocycles. The first-order valence-electron chi connectivity index (χ1n) is 14.3. The van der Waals surface area contributed by atoms with Crippen molar-refractivity contribution < 1.29 is 23.7 Å². The third-order valence-electron chi connectivity index (χ3n) is 7.90. The predicted molar refractivity (Wildman–Crippen MR) is 164 cm³/mol. The van der Waals surface area contributed by atoms with Gasteiger partial charge in [0.2, 0.25) is 5.91 Å². The highest BCUT2D eigenvalue weighted by atomic mass is 16.5. The number of carbonyl (C=O) groups excluding carboxylic acids is 1. The zero-order chi connectivity index (χ0) is 30.2. The number of hydrogen-bond acceptors (Lipinski definition) is 8. The molecule has 9 heteroatoms. The molecule has 1 N–H and O–H groups in total. The molecular formula is C34H38N4O5. The minimum Gasteiger partial charge on any atom is -0.493 e. The Morgan fingerprint density at radius 3 is 2.33 bits per heavy atom. The van der Waals surface area contributed by atoms with Crippen LogP contribution in [0.5, 0.6) is 23.0 Å². The summed E-state index contributed by atoms with van der Waals surface area (Å²) in [5.41, 5.74) is 4.95. The number of rotatable bonds is 11. The molecule has 4 aromatic rings. The predicted octanol–water partition coefficient (Wildman–Crippen LogP) is 5.10. The van der Waals surface area contributed by atoms with Crippen LogP contribution in [0.2, 0.25) is 0 Å². The summed E-state index contributed by atoms with van der Waals surface area (Å²) >= 11 is 0. The molecule has 1 aromatic heterocycles. The highest BCUT2D eigenvalue weighted by Gasteiger charge is 2.36. The summed E-state index contributed by atoms with van der Waals surface area (Å²) < 4.78 is 22.5. The van der Waals surface area contributed by atoms with Crippen molar-refractivity contribution in [2.24, 2.45) is 0 Å². The quantitative estimate of drug-likeness (QED) is 0.261. The summed E-state index contributed by atoms with van der Waals surface area (Å²) in [5.74, 6) is 2.58. The van der Waals surface area contributed by atoms with E-state index < -0.39 is 6.04 Å². The van der Waals surface area contributed by atoms with Gasteiger partial charge in [-0.15, -0.1) is 0 Å². The highest BCUT2D eigenvalue weighted by Crippen LogP contribution is 2.42. The lowest BCUT2D eigenvalue weighted by atomic mass is 9.91. The van der Waals surface area contributed by atoms with Gasteiger partial charge in [0.05, 0.1) is 46.9 Å². The van der Waals surface area contributed by atoms with Crippen molar-refractivity contribution in [1.29, 1.82) is 0 Å². The largest absolute Gasteiger partial charge is 0.493 e. The fourth-order valence-electron chi connectivity index (χ4n) is 5.84. The Balaban J connectivity index is 1.60. The number of fused-ring (bicyclic) bond motifs is 1. The van der Waals surface area contributed by atoms with E-state index in [0.29, 0.717) is 41.7 Å². The van der Waals surface area contributed by atoms with E-state index in [4.69, 9.17) is 18.9 Å². The Morgan fingerprint density at radius 2 is 1.63 bits per heavy atom. The molecule has 224 valence electrons. The molecule has 2 unspecified atom stereocenters. The van der Waals surface area contributed by atoms with E-state index in [-0.39, 0.29) is 18.5 Å². The molecule has 9 nitrogen and oxygen atoms in total. The van der Waals surface area contributed by atoms with Gasteiger partial charge in [0.25, 0.3) is 0 Å². The zero-order valence-corrected chi connectivity index (χ0v) is 25.1. The van der Waals surface area contributed by atoms with Gasteiger partial charge in [-0.25, -0.2) is 0 Å². The third kappa shape index (κ3) is 6.73. The number of aryl methyl sites for hydroxylation is 1.